The number of fused-ring (bicyclic) bond motifs is 1. The fourth-order valence-corrected chi connectivity index (χ4v) is 1.11. The van der Waals surface area contributed by atoms with Crippen molar-refractivity contribution in [2.45, 2.75) is 6.42 Å². The summed E-state index contributed by atoms with van der Waals surface area (Å²) in [6.45, 7) is 0. The van der Waals surface area contributed by atoms with E-state index in [-0.39, 0.29) is 21.7 Å². The molecule has 1 aromatic rings. The molecule has 0 aromatic heterocycles. The zero-order chi connectivity index (χ0) is 6.10. The zero-order valence-corrected chi connectivity index (χ0v) is 7.16. The van der Waals surface area contributed by atoms with Crippen molar-refractivity contribution in [1.82, 2.24) is 0 Å². The van der Waals surface area contributed by atoms with Gasteiger partial charge in [-0.25, -0.2) is 6.08 Å². The van der Waals surface area contributed by atoms with E-state index in [1.54, 1.807) is 0 Å². The van der Waals surface area contributed by atoms with Gasteiger partial charge in [0.2, 0.25) is 0 Å². The molecule has 1 aromatic carbocycles. The molecule has 0 aliphatic heterocycles. The molecule has 0 amide bonds. The van der Waals surface area contributed by atoms with Gasteiger partial charge in [0, 0.05) is 21.7 Å². The van der Waals surface area contributed by atoms with Crippen LogP contribution in [0.4, 0.5) is 0 Å². The molecule has 1 aliphatic carbocycles. The van der Waals surface area contributed by atoms with E-state index in [2.05, 4.69) is 36.4 Å². The Bertz CT molecular complexity index is 251. The Labute approximate surface area is 75.8 Å². The Balaban J connectivity index is 0.000000500. The first kappa shape index (κ1) is 7.78. The number of rotatable bonds is 0. The van der Waals surface area contributed by atoms with Crippen LogP contribution < -0.4 is 0 Å². The van der Waals surface area contributed by atoms with Gasteiger partial charge in [0.15, 0.2) is 0 Å². The van der Waals surface area contributed by atoms with Gasteiger partial charge in [0.25, 0.3) is 0 Å². The monoisotopic (exact) mass is 163 g/mol. The number of hydrogen-bond acceptors (Lipinski definition) is 0. The molecule has 0 saturated heterocycles. The molecule has 0 nitrogen and oxygen atoms in total. The van der Waals surface area contributed by atoms with E-state index in [9.17, 15) is 0 Å². The second kappa shape index (κ2) is 3.18. The summed E-state index contributed by atoms with van der Waals surface area (Å²) in [5, 5.41) is 0. The van der Waals surface area contributed by atoms with Crippen molar-refractivity contribution in [1.29, 1.82) is 0 Å². The van der Waals surface area contributed by atoms with E-state index in [1.165, 1.54) is 11.1 Å². The van der Waals surface area contributed by atoms with E-state index < -0.39 is 0 Å². The van der Waals surface area contributed by atoms with Crippen LogP contribution >= 0.6 is 0 Å². The Morgan fingerprint density at radius 3 is 2.80 bits per heavy atom. The van der Waals surface area contributed by atoms with E-state index in [4.69, 9.17) is 0 Å². The van der Waals surface area contributed by atoms with Crippen molar-refractivity contribution in [3.05, 3.63) is 41.5 Å². The zero-order valence-electron chi connectivity index (χ0n) is 5.59. The molecular formula is C9H7Ti-. The third kappa shape index (κ3) is 1.23. The first-order valence-electron chi connectivity index (χ1n) is 3.11. The Hall–Kier alpha value is -0.326. The predicted molar refractivity (Wildman–Crippen MR) is 37.9 cm³/mol. The van der Waals surface area contributed by atoms with Gasteiger partial charge in [-0.15, -0.1) is 18.1 Å². The van der Waals surface area contributed by atoms with Gasteiger partial charge < -0.3 is 0 Å². The number of hydrogen-bond donors (Lipinski definition) is 0. The molecule has 0 unspecified atom stereocenters. The summed E-state index contributed by atoms with van der Waals surface area (Å²) in [6, 6.07) is 8.39. The molecule has 0 heterocycles. The smallest absolute Gasteiger partial charge is 0 e. The van der Waals surface area contributed by atoms with Crippen LogP contribution in [0.25, 0.3) is 6.08 Å². The van der Waals surface area contributed by atoms with Gasteiger partial charge in [-0.2, -0.15) is 5.56 Å². The molecule has 1 aliphatic rings. The molecule has 0 bridgehead atoms. The van der Waals surface area contributed by atoms with E-state index in [0.717, 1.165) is 6.42 Å². The maximum Gasteiger partial charge on any atom is 0 e. The number of allylic oxidation sites excluding steroid dienone is 1. The molecule has 0 radical (unpaired) electrons. The molecule has 48 valence electrons. The minimum atomic E-state index is 0. The summed E-state index contributed by atoms with van der Waals surface area (Å²) >= 11 is 0. The fraction of sp³-hybridized carbons (Fsp3) is 0.111. The van der Waals surface area contributed by atoms with Gasteiger partial charge in [0.05, 0.1) is 0 Å². The topological polar surface area (TPSA) is 0 Å². The van der Waals surface area contributed by atoms with Crippen molar-refractivity contribution >= 4 is 6.08 Å². The van der Waals surface area contributed by atoms with Crippen LogP contribution in [0.2, 0.25) is 0 Å². The quantitative estimate of drug-likeness (QED) is 0.405. The maximum absolute atomic E-state index is 3.16. The fourth-order valence-electron chi connectivity index (χ4n) is 1.11. The minimum absolute atomic E-state index is 0. The average Bonchev–Trinajstić information content (AvgIpc) is 2.33. The molecule has 10 heavy (non-hydrogen) atoms. The number of benzene rings is 1. The van der Waals surface area contributed by atoms with Gasteiger partial charge in [-0.05, 0) is 0 Å². The molecule has 0 atom stereocenters. The first-order chi connectivity index (χ1) is 4.47. The summed E-state index contributed by atoms with van der Waals surface area (Å²) in [7, 11) is 0. The molecule has 0 fully saturated rings. The standard InChI is InChI=1S/C9H7.Ti/c1-2-5-9-7-3-6-8(9)4-1;/h1-2,4-6H,7H2;/q-1;. The summed E-state index contributed by atoms with van der Waals surface area (Å²) < 4.78 is 0. The first-order valence-corrected chi connectivity index (χ1v) is 3.11. The molecule has 1 heteroatoms. The van der Waals surface area contributed by atoms with E-state index >= 15 is 0 Å². The molecule has 2 rings (SSSR count). The Morgan fingerprint density at radius 1 is 1.20 bits per heavy atom. The third-order valence-electron chi connectivity index (χ3n) is 1.61. The van der Waals surface area contributed by atoms with Gasteiger partial charge >= 0.3 is 0 Å². The Morgan fingerprint density at radius 2 is 2.00 bits per heavy atom. The van der Waals surface area contributed by atoms with Gasteiger partial charge in [-0.1, -0.05) is 18.2 Å². The van der Waals surface area contributed by atoms with Crippen molar-refractivity contribution in [3.8, 4) is 0 Å². The van der Waals surface area contributed by atoms with Crippen LogP contribution in [0, 0.1) is 6.08 Å². The molecule has 0 N–H and O–H groups in total. The van der Waals surface area contributed by atoms with E-state index in [0.29, 0.717) is 0 Å². The van der Waals surface area contributed by atoms with Gasteiger partial charge in [0.1, 0.15) is 0 Å². The normalized spacial score (nSPS) is 12.4. The SMILES string of the molecule is [C-]1=Cc2ccccc2C1.[Ti]. The van der Waals surface area contributed by atoms with Crippen molar-refractivity contribution in [3.63, 3.8) is 0 Å². The second-order valence-corrected chi connectivity index (χ2v) is 2.22. The maximum atomic E-state index is 3.16. The van der Waals surface area contributed by atoms with Crippen LogP contribution in [0.5, 0.6) is 0 Å². The second-order valence-electron chi connectivity index (χ2n) is 2.22. The molecular weight excluding hydrogens is 156 g/mol. The summed E-state index contributed by atoms with van der Waals surface area (Å²) in [5.41, 5.74) is 2.73. The van der Waals surface area contributed by atoms with Crippen LogP contribution in [0.1, 0.15) is 11.1 Å². The third-order valence-corrected chi connectivity index (χ3v) is 1.61. The van der Waals surface area contributed by atoms with Crippen LogP contribution in [0.3, 0.4) is 0 Å². The van der Waals surface area contributed by atoms with E-state index in [1.807, 2.05) is 0 Å². The molecule has 0 saturated carbocycles. The molecule has 0 spiro atoms. The van der Waals surface area contributed by atoms with Crippen molar-refractivity contribution in [2.24, 2.45) is 0 Å². The summed E-state index contributed by atoms with van der Waals surface area (Å²) in [6.07, 6.45) is 6.21. The van der Waals surface area contributed by atoms with Crippen LogP contribution in [0.15, 0.2) is 24.3 Å². The largest absolute Gasteiger partial charge is 0.272 e. The van der Waals surface area contributed by atoms with Crippen LogP contribution in [-0.4, -0.2) is 0 Å². The Kier molecular flexibility index (Phi) is 2.47. The van der Waals surface area contributed by atoms with Crippen LogP contribution in [-0.2, 0) is 28.1 Å². The van der Waals surface area contributed by atoms with Crippen molar-refractivity contribution < 1.29 is 21.7 Å². The van der Waals surface area contributed by atoms with Gasteiger partial charge in [-0.3, -0.25) is 6.08 Å². The predicted octanol–water partition coefficient (Wildman–Crippen LogP) is 2.06. The average molecular weight is 163 g/mol. The minimum Gasteiger partial charge on any atom is -0.272 e. The van der Waals surface area contributed by atoms with Crippen molar-refractivity contribution in [2.75, 3.05) is 0 Å². The summed E-state index contributed by atoms with van der Waals surface area (Å²) in [5.74, 6) is 0. The summed E-state index contributed by atoms with van der Waals surface area (Å²) in [4.78, 5) is 0.